The lowest BCUT2D eigenvalue weighted by Crippen LogP contribution is -2.51. The normalized spacial score (nSPS) is 16.5. The van der Waals surface area contributed by atoms with E-state index in [2.05, 4.69) is 4.90 Å². The molecule has 8 nitrogen and oxygen atoms in total. The van der Waals surface area contributed by atoms with Gasteiger partial charge in [-0.1, -0.05) is 12.1 Å². The molecule has 0 aliphatic carbocycles. The average Bonchev–Trinajstić information content (AvgIpc) is 3.18. The lowest BCUT2D eigenvalue weighted by molar-refractivity contribution is -0.131. The number of benzene rings is 2. The third-order valence-corrected chi connectivity index (χ3v) is 6.07. The molecule has 0 saturated carbocycles. The van der Waals surface area contributed by atoms with Crippen LogP contribution in [0.1, 0.15) is 17.3 Å². The molecule has 0 radical (unpaired) electrons. The lowest BCUT2D eigenvalue weighted by Gasteiger charge is -2.36. The highest BCUT2D eigenvalue weighted by Gasteiger charge is 2.33. The Morgan fingerprint density at radius 1 is 0.906 bits per heavy atom. The number of hydrogen-bond acceptors (Lipinski definition) is 5. The first-order valence-electron chi connectivity index (χ1n) is 10.8. The van der Waals surface area contributed by atoms with Gasteiger partial charge in [0.1, 0.15) is 12.3 Å². The second kappa shape index (κ2) is 9.30. The van der Waals surface area contributed by atoms with Crippen LogP contribution in [-0.2, 0) is 4.79 Å². The lowest BCUT2D eigenvalue weighted by atomic mass is 10.1. The van der Waals surface area contributed by atoms with Gasteiger partial charge < -0.3 is 19.4 Å². The molecule has 4 rings (SSSR count). The molecule has 2 aliphatic rings. The fraction of sp³-hybridized carbons (Fsp3) is 0.375. The second-order valence-corrected chi connectivity index (χ2v) is 8.00. The Balaban J connectivity index is 1.31. The molecule has 2 fully saturated rings. The number of nitrogens with zero attached hydrogens (tertiary/aromatic N) is 4. The molecule has 0 atom stereocenters. The van der Waals surface area contributed by atoms with Crippen molar-refractivity contribution in [2.75, 3.05) is 62.7 Å². The van der Waals surface area contributed by atoms with E-state index in [0.717, 1.165) is 11.4 Å². The number of urea groups is 1. The number of hydrogen-bond donors (Lipinski definition) is 0. The fourth-order valence-electron chi connectivity index (χ4n) is 4.19. The molecule has 2 aliphatic heterocycles. The predicted octanol–water partition coefficient (Wildman–Crippen LogP) is 2.49. The number of carbonyl (C=O) groups is 3. The minimum Gasteiger partial charge on any atom is -0.495 e. The first-order valence-corrected chi connectivity index (χ1v) is 10.8. The first kappa shape index (κ1) is 21.7. The van der Waals surface area contributed by atoms with Crippen molar-refractivity contribution in [2.45, 2.75) is 6.92 Å². The Hall–Kier alpha value is -3.55. The monoisotopic (exact) mass is 436 g/mol. The topological polar surface area (TPSA) is 73.4 Å². The van der Waals surface area contributed by atoms with Gasteiger partial charge in [-0.3, -0.25) is 14.5 Å². The zero-order chi connectivity index (χ0) is 22.7. The zero-order valence-corrected chi connectivity index (χ0v) is 18.5. The summed E-state index contributed by atoms with van der Waals surface area (Å²) in [6, 6.07) is 14.8. The van der Waals surface area contributed by atoms with Crippen LogP contribution in [0.4, 0.5) is 16.2 Å². The summed E-state index contributed by atoms with van der Waals surface area (Å²) in [5, 5.41) is 0. The van der Waals surface area contributed by atoms with Gasteiger partial charge in [-0.2, -0.15) is 0 Å². The van der Waals surface area contributed by atoms with Gasteiger partial charge in [0.15, 0.2) is 5.78 Å². The maximum Gasteiger partial charge on any atom is 0.325 e. The van der Waals surface area contributed by atoms with Crippen molar-refractivity contribution in [3.8, 4) is 5.75 Å². The number of rotatable bonds is 6. The first-order chi connectivity index (χ1) is 15.5. The quantitative estimate of drug-likeness (QED) is 0.651. The van der Waals surface area contributed by atoms with E-state index in [1.165, 1.54) is 0 Å². The Kier molecular flexibility index (Phi) is 6.30. The number of ketones is 1. The van der Waals surface area contributed by atoms with Crippen molar-refractivity contribution in [1.82, 2.24) is 9.80 Å². The number of carbonyl (C=O) groups excluding carboxylic acids is 3. The molecule has 2 aromatic rings. The SMILES string of the molecule is COc1ccccc1N1CCN(CC(=O)N2CCN(c3ccc(C(C)=O)cc3)CC2)C1=O. The molecular weight excluding hydrogens is 408 g/mol. The van der Waals surface area contributed by atoms with Crippen LogP contribution in [0, 0.1) is 0 Å². The standard InChI is InChI=1S/C24H28N4O4/c1-18(29)19-7-9-20(10-8-19)25-11-13-26(14-12-25)23(30)17-27-15-16-28(24(27)31)21-5-3-4-6-22(21)32-2/h3-10H,11-17H2,1-2H3. The number of methoxy groups -OCH3 is 1. The molecule has 32 heavy (non-hydrogen) atoms. The van der Waals surface area contributed by atoms with Gasteiger partial charge in [-0.25, -0.2) is 4.79 Å². The van der Waals surface area contributed by atoms with Crippen molar-refractivity contribution < 1.29 is 19.1 Å². The van der Waals surface area contributed by atoms with E-state index in [1.54, 1.807) is 23.8 Å². The van der Waals surface area contributed by atoms with Crippen LogP contribution < -0.4 is 14.5 Å². The van der Waals surface area contributed by atoms with E-state index in [9.17, 15) is 14.4 Å². The highest BCUT2D eigenvalue weighted by molar-refractivity contribution is 5.97. The maximum absolute atomic E-state index is 12.9. The number of amides is 3. The Bertz CT molecular complexity index is 999. The van der Waals surface area contributed by atoms with Crippen LogP contribution in [0.15, 0.2) is 48.5 Å². The highest BCUT2D eigenvalue weighted by atomic mass is 16.5. The molecule has 2 aromatic carbocycles. The third-order valence-electron chi connectivity index (χ3n) is 6.07. The number of Topliss-reactive ketones (excluding diaryl/α,β-unsaturated/α-hetero) is 1. The minimum atomic E-state index is -0.174. The van der Waals surface area contributed by atoms with Crippen LogP contribution in [0.2, 0.25) is 0 Å². The molecular formula is C24H28N4O4. The van der Waals surface area contributed by atoms with Gasteiger partial charge in [-0.05, 0) is 43.3 Å². The van der Waals surface area contributed by atoms with E-state index < -0.39 is 0 Å². The van der Waals surface area contributed by atoms with E-state index in [0.29, 0.717) is 50.6 Å². The summed E-state index contributed by atoms with van der Waals surface area (Å²) in [4.78, 5) is 44.5. The van der Waals surface area contributed by atoms with Crippen LogP contribution in [0.25, 0.3) is 0 Å². The minimum absolute atomic E-state index is 0.0354. The van der Waals surface area contributed by atoms with Crippen molar-refractivity contribution in [3.63, 3.8) is 0 Å². The van der Waals surface area contributed by atoms with E-state index in [4.69, 9.17) is 4.74 Å². The second-order valence-electron chi connectivity index (χ2n) is 8.00. The molecule has 8 heteroatoms. The molecule has 168 valence electrons. The molecule has 0 unspecified atom stereocenters. The Morgan fingerprint density at radius 3 is 2.25 bits per heavy atom. The third kappa shape index (κ3) is 4.39. The summed E-state index contributed by atoms with van der Waals surface area (Å²) in [7, 11) is 1.58. The summed E-state index contributed by atoms with van der Waals surface area (Å²) in [6.07, 6.45) is 0. The van der Waals surface area contributed by atoms with Gasteiger partial charge in [-0.15, -0.1) is 0 Å². The summed E-state index contributed by atoms with van der Waals surface area (Å²) in [6.45, 7) is 5.30. The molecule has 2 heterocycles. The van der Waals surface area contributed by atoms with Crippen molar-refractivity contribution >= 4 is 29.1 Å². The van der Waals surface area contributed by atoms with Gasteiger partial charge >= 0.3 is 6.03 Å². The van der Waals surface area contributed by atoms with Gasteiger partial charge in [0, 0.05) is 50.5 Å². The van der Waals surface area contributed by atoms with Gasteiger partial charge in [0.2, 0.25) is 5.91 Å². The van der Waals surface area contributed by atoms with Gasteiger partial charge in [0.05, 0.1) is 12.8 Å². The molecule has 0 bridgehead atoms. The smallest absolute Gasteiger partial charge is 0.325 e. The number of piperazine rings is 1. The zero-order valence-electron chi connectivity index (χ0n) is 18.5. The molecule has 0 spiro atoms. The van der Waals surface area contributed by atoms with Crippen LogP contribution in [0.3, 0.4) is 0 Å². The molecule has 0 N–H and O–H groups in total. The average molecular weight is 437 g/mol. The van der Waals surface area contributed by atoms with E-state index >= 15 is 0 Å². The molecule has 0 aromatic heterocycles. The van der Waals surface area contributed by atoms with Crippen molar-refractivity contribution in [3.05, 3.63) is 54.1 Å². The highest BCUT2D eigenvalue weighted by Crippen LogP contribution is 2.30. The Morgan fingerprint density at radius 2 is 1.59 bits per heavy atom. The van der Waals surface area contributed by atoms with Gasteiger partial charge in [0.25, 0.3) is 0 Å². The van der Waals surface area contributed by atoms with E-state index in [-0.39, 0.29) is 24.3 Å². The van der Waals surface area contributed by atoms with Crippen molar-refractivity contribution in [2.24, 2.45) is 0 Å². The maximum atomic E-state index is 12.9. The van der Waals surface area contributed by atoms with Crippen LogP contribution in [-0.4, -0.2) is 80.4 Å². The number of anilines is 2. The summed E-state index contributed by atoms with van der Waals surface area (Å²) < 4.78 is 5.37. The van der Waals surface area contributed by atoms with Crippen LogP contribution >= 0.6 is 0 Å². The Labute approximate surface area is 187 Å². The number of para-hydroxylation sites is 2. The predicted molar refractivity (Wildman–Crippen MR) is 123 cm³/mol. The summed E-state index contributed by atoms with van der Waals surface area (Å²) in [5.41, 5.74) is 2.46. The number of ether oxygens (including phenoxy) is 1. The molecule has 2 saturated heterocycles. The summed E-state index contributed by atoms with van der Waals surface area (Å²) >= 11 is 0. The molecule has 3 amide bonds. The van der Waals surface area contributed by atoms with Crippen molar-refractivity contribution in [1.29, 1.82) is 0 Å². The summed E-state index contributed by atoms with van der Waals surface area (Å²) in [5.74, 6) is 0.654. The largest absolute Gasteiger partial charge is 0.495 e. The van der Waals surface area contributed by atoms with Crippen LogP contribution in [0.5, 0.6) is 5.75 Å². The van der Waals surface area contributed by atoms with E-state index in [1.807, 2.05) is 53.4 Å². The fourth-order valence-corrected chi connectivity index (χ4v) is 4.19.